The highest BCUT2D eigenvalue weighted by atomic mass is 35.5. The van der Waals surface area contributed by atoms with Crippen LogP contribution in [-0.4, -0.2) is 34.3 Å². The summed E-state index contributed by atoms with van der Waals surface area (Å²) in [6.45, 7) is 3.93. The van der Waals surface area contributed by atoms with Crippen LogP contribution in [0.15, 0.2) is 24.4 Å². The summed E-state index contributed by atoms with van der Waals surface area (Å²) in [5.74, 6) is -0.251. The van der Waals surface area contributed by atoms with Gasteiger partial charge in [-0.2, -0.15) is 0 Å². The maximum Gasteiger partial charge on any atom is 0.262 e. The average molecular weight is 544 g/mol. The highest BCUT2D eigenvalue weighted by molar-refractivity contribution is 7.14. The van der Waals surface area contributed by atoms with E-state index < -0.39 is 11.5 Å². The number of thiophene rings is 1. The van der Waals surface area contributed by atoms with Crippen LogP contribution in [0.4, 0.5) is 5.69 Å². The molecule has 0 saturated heterocycles. The third-order valence-electron chi connectivity index (χ3n) is 8.31. The van der Waals surface area contributed by atoms with Crippen LogP contribution in [0.1, 0.15) is 84.6 Å². The number of halogens is 1. The molecule has 2 atom stereocenters. The molecule has 0 unspecified atom stereocenters. The highest BCUT2D eigenvalue weighted by Gasteiger charge is 2.71. The van der Waals surface area contributed by atoms with Crippen molar-refractivity contribution in [2.24, 2.45) is 17.1 Å². The lowest BCUT2D eigenvalue weighted by atomic mass is 9.39. The average Bonchev–Trinajstić information content (AvgIpc) is 3.49. The lowest BCUT2D eigenvalue weighted by Gasteiger charge is -2.68. The molecule has 2 aromatic rings. The molecule has 3 amide bonds. The summed E-state index contributed by atoms with van der Waals surface area (Å²) >= 11 is 7.50. The van der Waals surface area contributed by atoms with Crippen LogP contribution in [0.5, 0.6) is 0 Å². The number of hydrogen-bond donors (Lipinski definition) is 4. The summed E-state index contributed by atoms with van der Waals surface area (Å²) in [6.07, 6.45) is 8.55. The summed E-state index contributed by atoms with van der Waals surface area (Å²) in [5.41, 5.74) is 6.44. The lowest BCUT2D eigenvalue weighted by molar-refractivity contribution is -0.181. The summed E-state index contributed by atoms with van der Waals surface area (Å²) in [7, 11) is 0. The topological polar surface area (TPSA) is 126 Å². The van der Waals surface area contributed by atoms with Crippen molar-refractivity contribution in [2.75, 3.05) is 5.32 Å². The van der Waals surface area contributed by atoms with Crippen molar-refractivity contribution < 1.29 is 14.4 Å². The monoisotopic (exact) mass is 543 g/mol. The fraction of sp³-hybridized carbons (Fsp3) is 0.556. The molecule has 37 heavy (non-hydrogen) atoms. The van der Waals surface area contributed by atoms with Gasteiger partial charge < -0.3 is 21.7 Å². The van der Waals surface area contributed by atoms with Crippen molar-refractivity contribution >= 4 is 46.3 Å². The zero-order valence-corrected chi connectivity index (χ0v) is 22.8. The minimum atomic E-state index is -0.601. The van der Waals surface area contributed by atoms with E-state index in [1.165, 1.54) is 24.2 Å². The van der Waals surface area contributed by atoms with Gasteiger partial charge in [-0.05, 0) is 63.6 Å². The van der Waals surface area contributed by atoms with Gasteiger partial charge in [0, 0.05) is 16.6 Å². The molecule has 2 bridgehead atoms. The summed E-state index contributed by atoms with van der Waals surface area (Å²) in [5, 5.41) is 10.1. The summed E-state index contributed by atoms with van der Waals surface area (Å²) in [6, 6.07) is 4.92. The van der Waals surface area contributed by atoms with Gasteiger partial charge in [0.05, 0.1) is 32.7 Å². The Morgan fingerprint density at radius 3 is 2.59 bits per heavy atom. The lowest BCUT2D eigenvalue weighted by Crippen LogP contribution is -2.78. The van der Waals surface area contributed by atoms with Crippen LogP contribution in [0.3, 0.4) is 0 Å². The molecule has 6 rings (SSSR count). The second kappa shape index (κ2) is 9.91. The molecular weight excluding hydrogens is 510 g/mol. The predicted molar refractivity (Wildman–Crippen MR) is 145 cm³/mol. The van der Waals surface area contributed by atoms with E-state index in [1.54, 1.807) is 12.3 Å². The normalized spacial score (nSPS) is 25.9. The van der Waals surface area contributed by atoms with Crippen LogP contribution in [0.2, 0.25) is 5.02 Å². The van der Waals surface area contributed by atoms with E-state index in [2.05, 4.69) is 20.9 Å². The Labute approximate surface area is 226 Å². The molecule has 2 aromatic heterocycles. The number of carbonyl (C=O) groups excluding carboxylic acids is 3. The number of nitrogens with one attached hydrogen (secondary N) is 3. The smallest absolute Gasteiger partial charge is 0.262 e. The molecule has 5 N–H and O–H groups in total. The van der Waals surface area contributed by atoms with Gasteiger partial charge in [0.15, 0.2) is 0 Å². The molecule has 0 aromatic carbocycles. The Bertz CT molecular complexity index is 1200. The van der Waals surface area contributed by atoms with Crippen molar-refractivity contribution in [2.45, 2.75) is 82.8 Å². The quantitative estimate of drug-likeness (QED) is 0.351. The zero-order chi connectivity index (χ0) is 26.4. The van der Waals surface area contributed by atoms with Gasteiger partial charge in [0.2, 0.25) is 11.8 Å². The van der Waals surface area contributed by atoms with E-state index in [9.17, 15) is 14.4 Å². The van der Waals surface area contributed by atoms with E-state index in [0.29, 0.717) is 41.5 Å². The molecule has 0 radical (unpaired) electrons. The van der Waals surface area contributed by atoms with Crippen molar-refractivity contribution in [3.8, 4) is 0 Å². The number of aromatic nitrogens is 1. The van der Waals surface area contributed by atoms with Crippen molar-refractivity contribution in [3.05, 3.63) is 44.9 Å². The third-order valence-corrected chi connectivity index (χ3v) is 9.78. The van der Waals surface area contributed by atoms with E-state index in [4.69, 9.17) is 17.3 Å². The van der Waals surface area contributed by atoms with E-state index >= 15 is 0 Å². The van der Waals surface area contributed by atoms with Gasteiger partial charge in [0.1, 0.15) is 6.04 Å². The van der Waals surface area contributed by atoms with E-state index in [0.717, 1.165) is 29.1 Å². The van der Waals surface area contributed by atoms with Crippen LogP contribution in [0.25, 0.3) is 0 Å². The molecule has 2 heterocycles. The highest BCUT2D eigenvalue weighted by Crippen LogP contribution is 2.67. The van der Waals surface area contributed by atoms with Crippen molar-refractivity contribution in [1.29, 1.82) is 0 Å². The largest absolute Gasteiger partial charge is 0.376 e. The molecule has 198 valence electrons. The molecular formula is C27H34ClN5O3S. The summed E-state index contributed by atoms with van der Waals surface area (Å²) in [4.78, 5) is 44.1. The SMILES string of the molecule is Cc1ncc(Cl)cc1N[C@@H](C)c1ccc(C(=O)N[C@@H](CC2CCCC2)C(=O)NC23CC(C(N)=O)(C2)C3)s1. The first kappa shape index (κ1) is 26.0. The number of carbonyl (C=O) groups is 3. The number of nitrogens with two attached hydrogens (primary N) is 1. The molecule has 0 spiro atoms. The maximum absolute atomic E-state index is 13.3. The number of nitrogens with zero attached hydrogens (tertiary/aromatic N) is 1. The number of aryl methyl sites for hydroxylation is 1. The zero-order valence-electron chi connectivity index (χ0n) is 21.2. The number of rotatable bonds is 10. The van der Waals surface area contributed by atoms with Gasteiger partial charge in [-0.1, -0.05) is 37.3 Å². The third kappa shape index (κ3) is 5.21. The Morgan fingerprint density at radius 1 is 1.22 bits per heavy atom. The molecule has 10 heteroatoms. The Balaban J connectivity index is 1.23. The number of amides is 3. The second-order valence-electron chi connectivity index (χ2n) is 11.2. The van der Waals surface area contributed by atoms with Crippen LogP contribution in [0, 0.1) is 18.3 Å². The Morgan fingerprint density at radius 2 is 1.92 bits per heavy atom. The van der Waals surface area contributed by atoms with Crippen molar-refractivity contribution in [3.63, 3.8) is 0 Å². The fourth-order valence-corrected chi connectivity index (χ4v) is 7.31. The van der Waals surface area contributed by atoms with Gasteiger partial charge >= 0.3 is 0 Å². The maximum atomic E-state index is 13.3. The van der Waals surface area contributed by atoms with Crippen molar-refractivity contribution in [1.82, 2.24) is 15.6 Å². The number of pyridine rings is 1. The Kier molecular flexibility index (Phi) is 6.96. The molecule has 4 aliphatic carbocycles. The molecule has 0 aliphatic heterocycles. The molecule has 4 fully saturated rings. The summed E-state index contributed by atoms with van der Waals surface area (Å²) < 4.78 is 0. The molecule has 8 nitrogen and oxygen atoms in total. The van der Waals surface area contributed by atoms with E-state index in [-0.39, 0.29) is 29.3 Å². The number of hydrogen-bond acceptors (Lipinski definition) is 6. The minimum absolute atomic E-state index is 0.0510. The standard InChI is InChI=1S/C27H34ClN5O3S/c1-15-19(10-18(28)11-30-15)31-16(2)21-7-8-22(37-21)24(35)32-20(9-17-5-3-4-6-17)23(34)33-27-12-26(13-27,14-27)25(29)36/h7-8,10-11,16-17,20,31H,3-6,9,12-14H2,1-2H3,(H2,29,36)(H,32,35)(H,33,34)/t16-,20-,26?,27?/m0/s1. The van der Waals surface area contributed by atoms with Gasteiger partial charge in [-0.15, -0.1) is 11.3 Å². The molecule has 4 saturated carbocycles. The molecule has 4 aliphatic rings. The van der Waals surface area contributed by atoms with Gasteiger partial charge in [-0.25, -0.2) is 0 Å². The fourth-order valence-electron chi connectivity index (χ4n) is 6.24. The van der Waals surface area contributed by atoms with Gasteiger partial charge in [-0.3, -0.25) is 19.4 Å². The first-order valence-corrected chi connectivity index (χ1v) is 14.2. The first-order valence-electron chi connectivity index (χ1n) is 13.0. The van der Waals surface area contributed by atoms with Crippen LogP contribution >= 0.6 is 22.9 Å². The minimum Gasteiger partial charge on any atom is -0.376 e. The first-order chi connectivity index (χ1) is 17.6. The van der Waals surface area contributed by atoms with Crippen LogP contribution in [-0.2, 0) is 9.59 Å². The number of primary amides is 1. The second-order valence-corrected chi connectivity index (χ2v) is 12.8. The Hall–Kier alpha value is -2.65. The van der Waals surface area contributed by atoms with E-state index in [1.807, 2.05) is 26.0 Å². The predicted octanol–water partition coefficient (Wildman–Crippen LogP) is 4.48. The number of anilines is 1. The van der Waals surface area contributed by atoms with Crippen LogP contribution < -0.4 is 21.7 Å². The van der Waals surface area contributed by atoms with Gasteiger partial charge in [0.25, 0.3) is 5.91 Å².